The Morgan fingerprint density at radius 2 is 1.69 bits per heavy atom. The Hall–Kier alpha value is -2.86. The van der Waals surface area contributed by atoms with Crippen LogP contribution >= 0.6 is 0 Å². The van der Waals surface area contributed by atoms with Gasteiger partial charge in [0, 0.05) is 38.0 Å². The van der Waals surface area contributed by atoms with Crippen LogP contribution in [0, 0.1) is 0 Å². The van der Waals surface area contributed by atoms with Gasteiger partial charge in [0.2, 0.25) is 0 Å². The van der Waals surface area contributed by atoms with Gasteiger partial charge in [0.15, 0.2) is 0 Å². The number of nitrogens with zero attached hydrogens (tertiary/aromatic N) is 2. The summed E-state index contributed by atoms with van der Waals surface area (Å²) in [6, 6.07) is 19.4. The van der Waals surface area contributed by atoms with Crippen LogP contribution in [0.2, 0.25) is 0 Å². The minimum Gasteiger partial charge on any atom is -0.388 e. The van der Waals surface area contributed by atoms with E-state index in [-0.39, 0.29) is 5.60 Å². The first-order chi connectivity index (χ1) is 12.7. The smallest absolute Gasteiger partial charge is 0.388 e. The van der Waals surface area contributed by atoms with E-state index >= 15 is 0 Å². The third-order valence-corrected chi connectivity index (χ3v) is 4.81. The van der Waals surface area contributed by atoms with Crippen molar-refractivity contribution in [3.8, 4) is 0 Å². The average Bonchev–Trinajstić information content (AvgIpc) is 3.09. The summed E-state index contributed by atoms with van der Waals surface area (Å²) in [7, 11) is 0. The van der Waals surface area contributed by atoms with Crippen LogP contribution < -0.4 is 5.32 Å². The second-order valence-electron chi connectivity index (χ2n) is 6.65. The maximum absolute atomic E-state index is 12.0. The quantitative estimate of drug-likeness (QED) is 0.913. The van der Waals surface area contributed by atoms with Crippen LogP contribution in [0.25, 0.3) is 0 Å². The molecule has 26 heavy (non-hydrogen) atoms. The van der Waals surface area contributed by atoms with Gasteiger partial charge in [0.05, 0.1) is 5.71 Å². The molecule has 0 aromatic heterocycles. The van der Waals surface area contributed by atoms with E-state index < -0.39 is 6.09 Å². The number of oxime groups is 1. The summed E-state index contributed by atoms with van der Waals surface area (Å²) in [6.45, 7) is 1.25. The van der Waals surface area contributed by atoms with Crippen molar-refractivity contribution in [2.75, 3.05) is 18.4 Å². The van der Waals surface area contributed by atoms with Crippen LogP contribution in [0.4, 0.5) is 10.5 Å². The molecule has 1 fully saturated rings. The number of rotatable bonds is 3. The molecule has 6 nitrogen and oxygen atoms in total. The average molecular weight is 351 g/mol. The van der Waals surface area contributed by atoms with Crippen molar-refractivity contribution in [3.05, 3.63) is 66.2 Å². The fourth-order valence-corrected chi connectivity index (χ4v) is 3.34. The predicted molar refractivity (Wildman–Crippen MR) is 98.8 cm³/mol. The molecule has 6 heteroatoms. The first kappa shape index (κ1) is 16.6. The van der Waals surface area contributed by atoms with Gasteiger partial charge < -0.3 is 9.68 Å². The highest BCUT2D eigenvalue weighted by atomic mass is 16.7. The molecule has 2 aromatic rings. The third-order valence-electron chi connectivity index (χ3n) is 4.81. The summed E-state index contributed by atoms with van der Waals surface area (Å²) in [6.07, 6.45) is 1.86. The van der Waals surface area contributed by atoms with Gasteiger partial charge in [-0.2, -0.15) is 0 Å². The SMILES string of the molecule is O=C(Nc1ccccc1)ON1CCC2(CC1)CC(c1ccccc1)=NO2. The molecule has 2 aromatic carbocycles. The predicted octanol–water partition coefficient (Wildman–Crippen LogP) is 3.81. The molecular formula is C20H21N3O3. The molecule has 2 heterocycles. The summed E-state index contributed by atoms with van der Waals surface area (Å²) >= 11 is 0. The summed E-state index contributed by atoms with van der Waals surface area (Å²) < 4.78 is 0. The number of benzene rings is 2. The van der Waals surface area contributed by atoms with Crippen molar-refractivity contribution in [2.24, 2.45) is 5.16 Å². The Labute approximate surface area is 152 Å². The number of carbonyl (C=O) groups excluding carboxylic acids is 1. The largest absolute Gasteiger partial charge is 0.430 e. The minimum absolute atomic E-state index is 0.277. The zero-order valence-corrected chi connectivity index (χ0v) is 14.4. The zero-order chi connectivity index (χ0) is 17.8. The third kappa shape index (κ3) is 3.70. The highest BCUT2D eigenvalue weighted by Gasteiger charge is 2.43. The highest BCUT2D eigenvalue weighted by molar-refractivity contribution is 6.01. The molecule has 0 bridgehead atoms. The van der Waals surface area contributed by atoms with Gasteiger partial charge in [-0.15, -0.1) is 5.06 Å². The molecule has 0 unspecified atom stereocenters. The number of para-hydroxylation sites is 1. The number of piperidine rings is 1. The molecule has 2 aliphatic rings. The zero-order valence-electron chi connectivity index (χ0n) is 14.4. The summed E-state index contributed by atoms with van der Waals surface area (Å²) in [5.41, 5.74) is 2.53. The van der Waals surface area contributed by atoms with Crippen molar-refractivity contribution in [3.63, 3.8) is 0 Å². The van der Waals surface area contributed by atoms with E-state index in [9.17, 15) is 4.79 Å². The minimum atomic E-state index is -0.472. The van der Waals surface area contributed by atoms with E-state index in [0.29, 0.717) is 18.8 Å². The maximum atomic E-state index is 12.0. The van der Waals surface area contributed by atoms with E-state index in [2.05, 4.69) is 10.5 Å². The number of nitrogens with one attached hydrogen (secondary N) is 1. The first-order valence-corrected chi connectivity index (χ1v) is 8.82. The van der Waals surface area contributed by atoms with Gasteiger partial charge in [-0.25, -0.2) is 4.79 Å². The van der Waals surface area contributed by atoms with Crippen LogP contribution in [0.1, 0.15) is 24.8 Å². The molecule has 2 aliphatic heterocycles. The van der Waals surface area contributed by atoms with Crippen LogP contribution in [0.15, 0.2) is 65.8 Å². The maximum Gasteiger partial charge on any atom is 0.430 e. The van der Waals surface area contributed by atoms with Crippen molar-refractivity contribution >= 4 is 17.5 Å². The molecule has 1 spiro atoms. The van der Waals surface area contributed by atoms with E-state index in [0.717, 1.165) is 30.5 Å². The molecule has 0 atom stereocenters. The van der Waals surface area contributed by atoms with Gasteiger partial charge >= 0.3 is 6.09 Å². The number of carbonyl (C=O) groups is 1. The number of hydrogen-bond donors (Lipinski definition) is 1. The van der Waals surface area contributed by atoms with Crippen molar-refractivity contribution in [1.29, 1.82) is 0 Å². The van der Waals surface area contributed by atoms with Crippen LogP contribution in [0.3, 0.4) is 0 Å². The molecule has 1 N–H and O–H groups in total. The number of amides is 1. The molecular weight excluding hydrogens is 330 g/mol. The molecule has 134 valence electrons. The molecule has 0 saturated carbocycles. The molecule has 0 aliphatic carbocycles. The van der Waals surface area contributed by atoms with E-state index in [4.69, 9.17) is 9.68 Å². The standard InChI is InChI=1S/C20H21N3O3/c24-19(21-17-9-5-2-6-10-17)25-23-13-11-20(12-14-23)15-18(22-26-20)16-7-3-1-4-8-16/h1-10H,11-15H2,(H,21,24). The van der Waals surface area contributed by atoms with E-state index in [1.54, 1.807) is 5.06 Å². The van der Waals surface area contributed by atoms with Gasteiger partial charge in [-0.05, 0) is 17.7 Å². The number of hydroxylamine groups is 2. The molecule has 1 saturated heterocycles. The molecule has 4 rings (SSSR count). The second kappa shape index (κ2) is 7.17. The van der Waals surface area contributed by atoms with Gasteiger partial charge in [0.1, 0.15) is 5.60 Å². The van der Waals surface area contributed by atoms with Crippen LogP contribution in [-0.4, -0.2) is 35.6 Å². The Kier molecular flexibility index (Phi) is 4.58. The van der Waals surface area contributed by atoms with Crippen molar-refractivity contribution in [2.45, 2.75) is 24.9 Å². The fraction of sp³-hybridized carbons (Fsp3) is 0.300. The van der Waals surface area contributed by atoms with Gasteiger partial charge in [-0.3, -0.25) is 5.32 Å². The normalized spacial score (nSPS) is 18.8. The van der Waals surface area contributed by atoms with Crippen LogP contribution in [-0.2, 0) is 9.68 Å². The second-order valence-corrected chi connectivity index (χ2v) is 6.65. The molecule has 1 amide bonds. The monoisotopic (exact) mass is 351 g/mol. The Balaban J connectivity index is 1.28. The topological polar surface area (TPSA) is 63.2 Å². The summed E-state index contributed by atoms with van der Waals surface area (Å²) in [5, 5.41) is 8.71. The van der Waals surface area contributed by atoms with Gasteiger partial charge in [0.25, 0.3) is 0 Å². The Bertz CT molecular complexity index is 784. The van der Waals surface area contributed by atoms with Gasteiger partial charge in [-0.1, -0.05) is 53.7 Å². The lowest BCUT2D eigenvalue weighted by Gasteiger charge is -2.35. The lowest BCUT2D eigenvalue weighted by molar-refractivity contribution is -0.154. The number of anilines is 1. The summed E-state index contributed by atoms with van der Waals surface area (Å²) in [4.78, 5) is 23.2. The summed E-state index contributed by atoms with van der Waals surface area (Å²) in [5.74, 6) is 0. The highest BCUT2D eigenvalue weighted by Crippen LogP contribution is 2.36. The lowest BCUT2D eigenvalue weighted by Crippen LogP contribution is -2.45. The van der Waals surface area contributed by atoms with E-state index in [1.165, 1.54) is 0 Å². The Morgan fingerprint density at radius 1 is 1.04 bits per heavy atom. The lowest BCUT2D eigenvalue weighted by atomic mass is 9.86. The Morgan fingerprint density at radius 3 is 2.38 bits per heavy atom. The molecule has 0 radical (unpaired) electrons. The van der Waals surface area contributed by atoms with Crippen LogP contribution in [0.5, 0.6) is 0 Å². The number of hydrogen-bond acceptors (Lipinski definition) is 5. The fourth-order valence-electron chi connectivity index (χ4n) is 3.34. The first-order valence-electron chi connectivity index (χ1n) is 8.82. The van der Waals surface area contributed by atoms with E-state index in [1.807, 2.05) is 60.7 Å². The van der Waals surface area contributed by atoms with Crippen molar-refractivity contribution < 1.29 is 14.5 Å². The van der Waals surface area contributed by atoms with Crippen molar-refractivity contribution in [1.82, 2.24) is 5.06 Å².